The summed E-state index contributed by atoms with van der Waals surface area (Å²) in [5.41, 5.74) is 23.0. The molecular weight excluding hydrogens is 855 g/mol. The summed E-state index contributed by atoms with van der Waals surface area (Å²) in [6.45, 7) is 9.76. The van der Waals surface area contributed by atoms with Gasteiger partial charge in [-0.2, -0.15) is 0 Å². The van der Waals surface area contributed by atoms with Crippen molar-refractivity contribution >= 4 is 17.1 Å². The highest BCUT2D eigenvalue weighted by Gasteiger charge is 2.49. The van der Waals surface area contributed by atoms with Gasteiger partial charge in [0, 0.05) is 16.8 Å². The van der Waals surface area contributed by atoms with Crippen LogP contribution in [0.3, 0.4) is 0 Å². The van der Waals surface area contributed by atoms with Crippen LogP contribution in [0.1, 0.15) is 96.2 Å². The second-order valence-electron chi connectivity index (χ2n) is 21.4. The Labute approximate surface area is 419 Å². The summed E-state index contributed by atoms with van der Waals surface area (Å²) in [5.74, 6) is 0. The number of hydrogen-bond donors (Lipinski definition) is 0. The van der Waals surface area contributed by atoms with Crippen LogP contribution in [0.15, 0.2) is 249 Å². The predicted molar refractivity (Wildman–Crippen MR) is 296 cm³/mol. The van der Waals surface area contributed by atoms with Gasteiger partial charge in [-0.3, -0.25) is 0 Å². The third-order valence-electron chi connectivity index (χ3n) is 16.7. The molecule has 3 aliphatic rings. The molecule has 0 spiro atoms. The minimum absolute atomic E-state index is 0.0292. The van der Waals surface area contributed by atoms with Crippen molar-refractivity contribution in [3.8, 4) is 33.4 Å². The summed E-state index contributed by atoms with van der Waals surface area (Å²) in [4.78, 5) is 2.61. The zero-order valence-electron chi connectivity index (χ0n) is 41.0. The molecular formula is C70H57N. The second-order valence-corrected chi connectivity index (χ2v) is 21.4. The van der Waals surface area contributed by atoms with Crippen LogP contribution < -0.4 is 4.90 Å². The van der Waals surface area contributed by atoms with Gasteiger partial charge >= 0.3 is 0 Å². The van der Waals surface area contributed by atoms with Crippen molar-refractivity contribution < 1.29 is 0 Å². The van der Waals surface area contributed by atoms with E-state index in [0.29, 0.717) is 0 Å². The molecule has 0 aromatic heterocycles. The molecule has 0 bridgehead atoms. The SMILES string of the molecule is CC1(C)CCC(C)(C)c2cc(-c3cc4c(cc3N(c3ccccc3)c3cccc5c3-c3ccccc3C5(c3ccccc3)c3ccccc3)C(c3ccccc3)(c3ccccc3)c3ccccc3-4)ccc21. The standard InChI is InChI=1S/C70H57N/c1-67(2)43-44-68(3,4)63-45-48(41-42-60(63)67)56-46-57-54-35-20-22-37-58(54)70(51-29-14-7-15-30-51,52-31-16-8-17-32-52)62(57)47-65(56)71(53-33-18-9-19-34-53)64-40-24-39-61-66(64)55-36-21-23-38-59(55)69(61,49-25-10-5-11-26-49)50-27-12-6-13-28-50/h5-42,45-47H,43-44H2,1-4H3. The van der Waals surface area contributed by atoms with Crippen molar-refractivity contribution in [1.82, 2.24) is 0 Å². The Morgan fingerprint density at radius 3 is 1.31 bits per heavy atom. The first kappa shape index (κ1) is 43.1. The summed E-state index contributed by atoms with van der Waals surface area (Å²) in [6.07, 6.45) is 2.32. The van der Waals surface area contributed by atoms with Gasteiger partial charge in [-0.05, 0) is 132 Å². The van der Waals surface area contributed by atoms with Gasteiger partial charge in [0.2, 0.25) is 0 Å². The highest BCUT2D eigenvalue weighted by atomic mass is 15.1. The first-order valence-electron chi connectivity index (χ1n) is 25.5. The van der Waals surface area contributed by atoms with Crippen LogP contribution in [0.25, 0.3) is 33.4 Å². The van der Waals surface area contributed by atoms with Gasteiger partial charge in [0.15, 0.2) is 0 Å². The number of benzene rings is 10. The average Bonchev–Trinajstić information content (AvgIpc) is 3.90. The molecule has 0 atom stereocenters. The van der Waals surface area contributed by atoms with Crippen LogP contribution in [-0.2, 0) is 21.7 Å². The van der Waals surface area contributed by atoms with E-state index in [9.17, 15) is 0 Å². The fourth-order valence-electron chi connectivity index (χ4n) is 13.3. The summed E-state index contributed by atoms with van der Waals surface area (Å²) >= 11 is 0. The first-order chi connectivity index (χ1) is 34.7. The fraction of sp³-hybridized carbons (Fsp3) is 0.143. The number of hydrogen-bond acceptors (Lipinski definition) is 1. The molecule has 0 saturated carbocycles. The second kappa shape index (κ2) is 16.3. The minimum Gasteiger partial charge on any atom is -0.309 e. The Bertz CT molecular complexity index is 3550. The molecule has 0 saturated heterocycles. The number of anilines is 3. The van der Waals surface area contributed by atoms with Gasteiger partial charge in [0.25, 0.3) is 0 Å². The number of rotatable bonds is 8. The highest BCUT2D eigenvalue weighted by molar-refractivity contribution is 6.02. The van der Waals surface area contributed by atoms with Crippen molar-refractivity contribution in [2.45, 2.75) is 62.2 Å². The van der Waals surface area contributed by atoms with Crippen LogP contribution in [0.4, 0.5) is 17.1 Å². The largest absolute Gasteiger partial charge is 0.309 e. The molecule has 0 unspecified atom stereocenters. The molecule has 342 valence electrons. The van der Waals surface area contributed by atoms with Crippen molar-refractivity contribution in [2.75, 3.05) is 4.90 Å². The third-order valence-corrected chi connectivity index (χ3v) is 16.7. The molecule has 71 heavy (non-hydrogen) atoms. The summed E-state index contributed by atoms with van der Waals surface area (Å²) in [6, 6.07) is 94.0. The Morgan fingerprint density at radius 2 is 0.746 bits per heavy atom. The maximum Gasteiger partial charge on any atom is 0.0714 e. The topological polar surface area (TPSA) is 3.24 Å². The molecule has 1 nitrogen and oxygen atoms in total. The maximum atomic E-state index is 2.61. The molecule has 0 fully saturated rings. The van der Waals surface area contributed by atoms with Crippen molar-refractivity contribution in [1.29, 1.82) is 0 Å². The Morgan fingerprint density at radius 1 is 0.296 bits per heavy atom. The van der Waals surface area contributed by atoms with E-state index in [0.717, 1.165) is 23.5 Å². The molecule has 10 aromatic carbocycles. The number of fused-ring (bicyclic) bond motifs is 7. The van der Waals surface area contributed by atoms with Crippen molar-refractivity contribution in [3.63, 3.8) is 0 Å². The Hall–Kier alpha value is -8.00. The van der Waals surface area contributed by atoms with Gasteiger partial charge < -0.3 is 4.90 Å². The molecule has 0 N–H and O–H groups in total. The maximum absolute atomic E-state index is 2.61. The summed E-state index contributed by atoms with van der Waals surface area (Å²) < 4.78 is 0. The monoisotopic (exact) mass is 911 g/mol. The number of nitrogens with zero attached hydrogens (tertiary/aromatic N) is 1. The van der Waals surface area contributed by atoms with E-state index >= 15 is 0 Å². The van der Waals surface area contributed by atoms with Gasteiger partial charge in [-0.1, -0.05) is 246 Å². The molecule has 10 aromatic rings. The summed E-state index contributed by atoms with van der Waals surface area (Å²) in [7, 11) is 0. The normalized spacial score (nSPS) is 15.9. The average molecular weight is 912 g/mol. The van der Waals surface area contributed by atoms with E-state index < -0.39 is 10.8 Å². The highest BCUT2D eigenvalue weighted by Crippen LogP contribution is 2.62. The predicted octanol–water partition coefficient (Wildman–Crippen LogP) is 17.9. The van der Waals surface area contributed by atoms with Crippen LogP contribution in [-0.4, -0.2) is 0 Å². The summed E-state index contributed by atoms with van der Waals surface area (Å²) in [5, 5.41) is 0. The zero-order chi connectivity index (χ0) is 48.0. The lowest BCUT2D eigenvalue weighted by molar-refractivity contribution is 0.332. The fourth-order valence-corrected chi connectivity index (χ4v) is 13.3. The molecule has 13 rings (SSSR count). The van der Waals surface area contributed by atoms with Crippen LogP contribution in [0.2, 0.25) is 0 Å². The minimum atomic E-state index is -0.590. The van der Waals surface area contributed by atoms with Crippen LogP contribution in [0.5, 0.6) is 0 Å². The molecule has 1 heteroatoms. The molecule has 3 aliphatic carbocycles. The smallest absolute Gasteiger partial charge is 0.0714 e. The van der Waals surface area contributed by atoms with Crippen molar-refractivity contribution in [3.05, 3.63) is 304 Å². The molecule has 0 amide bonds. The Kier molecular flexibility index (Phi) is 9.88. The Balaban J connectivity index is 1.18. The van der Waals surface area contributed by atoms with Crippen molar-refractivity contribution in [2.24, 2.45) is 0 Å². The van der Waals surface area contributed by atoms with Gasteiger partial charge in [-0.25, -0.2) is 0 Å². The van der Waals surface area contributed by atoms with E-state index in [4.69, 9.17) is 0 Å². The lowest BCUT2D eigenvalue weighted by Crippen LogP contribution is -2.33. The van der Waals surface area contributed by atoms with E-state index in [1.54, 1.807) is 0 Å². The van der Waals surface area contributed by atoms with E-state index in [-0.39, 0.29) is 10.8 Å². The first-order valence-corrected chi connectivity index (χ1v) is 25.5. The van der Waals surface area contributed by atoms with E-state index in [1.165, 1.54) is 95.4 Å². The molecule has 0 aliphatic heterocycles. The third kappa shape index (κ3) is 6.32. The van der Waals surface area contributed by atoms with Gasteiger partial charge in [0.05, 0.1) is 22.2 Å². The van der Waals surface area contributed by atoms with Crippen LogP contribution >= 0.6 is 0 Å². The lowest BCUT2D eigenvalue weighted by Gasteiger charge is -2.42. The zero-order valence-corrected chi connectivity index (χ0v) is 41.0. The van der Waals surface area contributed by atoms with E-state index in [2.05, 4.69) is 281 Å². The lowest BCUT2D eigenvalue weighted by atomic mass is 9.63. The molecule has 0 heterocycles. The van der Waals surface area contributed by atoms with E-state index in [1.807, 2.05) is 0 Å². The van der Waals surface area contributed by atoms with Gasteiger partial charge in [-0.15, -0.1) is 0 Å². The van der Waals surface area contributed by atoms with Crippen LogP contribution in [0, 0.1) is 0 Å². The molecule has 0 radical (unpaired) electrons. The van der Waals surface area contributed by atoms with Gasteiger partial charge in [0.1, 0.15) is 0 Å². The quantitative estimate of drug-likeness (QED) is 0.147. The number of para-hydroxylation sites is 1.